The fourth-order valence-corrected chi connectivity index (χ4v) is 2.61. The molecular weight excluding hydrogens is 310 g/mol. The minimum absolute atomic E-state index is 0.147. The van der Waals surface area contributed by atoms with E-state index in [1.807, 2.05) is 12.1 Å². The number of carbonyl (C=O) groups is 1. The zero-order valence-electron chi connectivity index (χ0n) is 14.1. The van der Waals surface area contributed by atoms with Gasteiger partial charge in [0.1, 0.15) is 0 Å². The molecule has 134 valence electrons. The molecule has 1 aromatic carbocycles. The minimum Gasteiger partial charge on any atom is -0.450 e. The van der Waals surface area contributed by atoms with Crippen molar-refractivity contribution in [2.75, 3.05) is 6.61 Å². The van der Waals surface area contributed by atoms with Crippen LogP contribution in [0, 0.1) is 10.1 Å². The lowest BCUT2D eigenvalue weighted by Gasteiger charge is -2.03. The summed E-state index contributed by atoms with van der Waals surface area (Å²) in [5.41, 5.74) is 1.30. The topological polar surface area (TPSA) is 89.7 Å². The summed E-state index contributed by atoms with van der Waals surface area (Å²) in [5.74, 6) is 0. The van der Waals surface area contributed by atoms with Crippen molar-refractivity contribution in [3.8, 4) is 0 Å². The van der Waals surface area contributed by atoms with E-state index in [0.717, 1.165) is 37.7 Å². The summed E-state index contributed by atoms with van der Waals surface area (Å²) in [5, 5.41) is 18.9. The lowest BCUT2D eigenvalue weighted by atomic mass is 10.0. The molecule has 0 unspecified atom stereocenters. The number of nitrogens with zero attached hydrogens (tertiary/aromatic N) is 1. The molecule has 0 heterocycles. The van der Waals surface area contributed by atoms with Crippen LogP contribution in [0.5, 0.6) is 0 Å². The van der Waals surface area contributed by atoms with Crippen LogP contribution in [0.1, 0.15) is 63.4 Å². The van der Waals surface area contributed by atoms with E-state index in [4.69, 9.17) is 5.11 Å². The molecule has 1 rings (SSSR count). The predicted molar refractivity (Wildman–Crippen MR) is 92.3 cm³/mol. The third-order valence-corrected chi connectivity index (χ3v) is 3.98. The van der Waals surface area contributed by atoms with Gasteiger partial charge in [0.15, 0.2) is 0 Å². The zero-order valence-corrected chi connectivity index (χ0v) is 14.1. The van der Waals surface area contributed by atoms with Gasteiger partial charge in [-0.25, -0.2) is 4.79 Å². The molecule has 1 aromatic rings. The van der Waals surface area contributed by atoms with Gasteiger partial charge < -0.3 is 9.84 Å². The normalized spacial score (nSPS) is 10.5. The van der Waals surface area contributed by atoms with Gasteiger partial charge in [0.25, 0.3) is 5.69 Å². The van der Waals surface area contributed by atoms with Crippen molar-refractivity contribution < 1.29 is 19.6 Å². The van der Waals surface area contributed by atoms with E-state index in [9.17, 15) is 14.9 Å². The van der Waals surface area contributed by atoms with E-state index < -0.39 is 6.16 Å². The van der Waals surface area contributed by atoms with Gasteiger partial charge in [0, 0.05) is 12.1 Å². The highest BCUT2D eigenvalue weighted by Crippen LogP contribution is 2.15. The van der Waals surface area contributed by atoms with Gasteiger partial charge >= 0.3 is 6.16 Å². The maximum absolute atomic E-state index is 10.6. The summed E-state index contributed by atoms with van der Waals surface area (Å²) in [4.78, 5) is 20.3. The van der Waals surface area contributed by atoms with Crippen LogP contribution in [-0.4, -0.2) is 22.8 Å². The summed E-state index contributed by atoms with van der Waals surface area (Å²) in [6.07, 6.45) is 9.90. The van der Waals surface area contributed by atoms with E-state index in [1.165, 1.54) is 32.1 Å². The summed E-state index contributed by atoms with van der Waals surface area (Å²) in [6.45, 7) is 0.304. The fourth-order valence-electron chi connectivity index (χ4n) is 2.61. The summed E-state index contributed by atoms with van der Waals surface area (Å²) < 4.78 is 4.45. The lowest BCUT2D eigenvalue weighted by molar-refractivity contribution is -0.384. The number of unbranched alkanes of at least 4 members (excludes halogenated alkanes) is 8. The molecule has 6 heteroatoms. The molecule has 0 saturated carbocycles. The van der Waals surface area contributed by atoms with Crippen LogP contribution in [0.4, 0.5) is 10.5 Å². The average molecular weight is 337 g/mol. The average Bonchev–Trinajstić information content (AvgIpc) is 2.56. The number of hydrogen-bond acceptors (Lipinski definition) is 4. The third kappa shape index (κ3) is 9.82. The monoisotopic (exact) mass is 337 g/mol. The van der Waals surface area contributed by atoms with Crippen molar-refractivity contribution in [1.29, 1.82) is 0 Å². The number of aryl methyl sites for hydroxylation is 1. The molecule has 0 atom stereocenters. The van der Waals surface area contributed by atoms with Gasteiger partial charge in [-0.3, -0.25) is 10.1 Å². The molecule has 0 spiro atoms. The smallest absolute Gasteiger partial charge is 0.450 e. The number of ether oxygens (including phenoxy) is 1. The number of non-ortho nitro benzene ring substituents is 1. The van der Waals surface area contributed by atoms with Crippen LogP contribution in [0.3, 0.4) is 0 Å². The van der Waals surface area contributed by atoms with Gasteiger partial charge in [-0.1, -0.05) is 57.1 Å². The Labute approximate surface area is 143 Å². The van der Waals surface area contributed by atoms with Crippen molar-refractivity contribution in [3.63, 3.8) is 0 Å². The van der Waals surface area contributed by atoms with Crippen LogP contribution in [0.15, 0.2) is 24.3 Å². The predicted octanol–water partition coefficient (Wildman–Crippen LogP) is 5.34. The Kier molecular flexibility index (Phi) is 10.2. The molecule has 0 fully saturated rings. The van der Waals surface area contributed by atoms with Crippen molar-refractivity contribution in [2.45, 2.75) is 64.2 Å². The molecule has 0 saturated heterocycles. The standard InChI is InChI=1S/C18H27NO5/c20-18(21)24-15-9-7-5-3-1-2-4-6-8-10-16-11-13-17(14-12-16)19(22)23/h11-14H,1-10,15H2,(H,20,21). The van der Waals surface area contributed by atoms with Crippen molar-refractivity contribution in [2.24, 2.45) is 0 Å². The number of carboxylic acid groups (broad SMARTS) is 1. The van der Waals surface area contributed by atoms with E-state index >= 15 is 0 Å². The maximum atomic E-state index is 10.6. The van der Waals surface area contributed by atoms with Crippen LogP contribution in [0.25, 0.3) is 0 Å². The van der Waals surface area contributed by atoms with Crippen LogP contribution in [-0.2, 0) is 11.2 Å². The Bertz CT molecular complexity index is 487. The van der Waals surface area contributed by atoms with Gasteiger partial charge in [-0.05, 0) is 24.8 Å². The van der Waals surface area contributed by atoms with Gasteiger partial charge in [-0.15, -0.1) is 0 Å². The highest BCUT2D eigenvalue weighted by Gasteiger charge is 2.03. The largest absolute Gasteiger partial charge is 0.505 e. The number of nitro benzene ring substituents is 1. The second kappa shape index (κ2) is 12.3. The second-order valence-corrected chi connectivity index (χ2v) is 5.97. The highest BCUT2D eigenvalue weighted by molar-refractivity contribution is 5.56. The molecule has 0 radical (unpaired) electrons. The molecular formula is C18H27NO5. The molecule has 0 aromatic heterocycles. The van der Waals surface area contributed by atoms with Crippen LogP contribution in [0.2, 0.25) is 0 Å². The number of nitro groups is 1. The highest BCUT2D eigenvalue weighted by atomic mass is 16.7. The Balaban J connectivity index is 1.90. The Morgan fingerprint density at radius 3 is 1.92 bits per heavy atom. The Morgan fingerprint density at radius 2 is 1.42 bits per heavy atom. The van der Waals surface area contributed by atoms with Gasteiger partial charge in [0.05, 0.1) is 11.5 Å². The second-order valence-electron chi connectivity index (χ2n) is 5.97. The summed E-state index contributed by atoms with van der Waals surface area (Å²) >= 11 is 0. The number of benzene rings is 1. The van der Waals surface area contributed by atoms with E-state index in [2.05, 4.69) is 4.74 Å². The molecule has 0 aliphatic rings. The molecule has 24 heavy (non-hydrogen) atoms. The van der Waals surface area contributed by atoms with Crippen LogP contribution >= 0.6 is 0 Å². The molecule has 0 bridgehead atoms. The summed E-state index contributed by atoms with van der Waals surface area (Å²) in [6, 6.07) is 6.81. The van der Waals surface area contributed by atoms with Crippen molar-refractivity contribution in [3.05, 3.63) is 39.9 Å². The molecule has 0 amide bonds. The fraction of sp³-hybridized carbons (Fsp3) is 0.611. The lowest BCUT2D eigenvalue weighted by Crippen LogP contribution is -2.01. The zero-order chi connectivity index (χ0) is 17.6. The molecule has 1 N–H and O–H groups in total. The summed E-state index contributed by atoms with van der Waals surface area (Å²) in [7, 11) is 0. The SMILES string of the molecule is O=C(O)OCCCCCCCCCCCc1ccc([N+](=O)[O-])cc1. The quantitative estimate of drug-likeness (QED) is 0.227. The maximum Gasteiger partial charge on any atom is 0.505 e. The van der Waals surface area contributed by atoms with Gasteiger partial charge in [0.2, 0.25) is 0 Å². The van der Waals surface area contributed by atoms with Gasteiger partial charge in [-0.2, -0.15) is 0 Å². The molecule has 6 nitrogen and oxygen atoms in total. The Hall–Kier alpha value is -2.11. The van der Waals surface area contributed by atoms with E-state index in [1.54, 1.807) is 12.1 Å². The van der Waals surface area contributed by atoms with E-state index in [0.29, 0.717) is 6.61 Å². The van der Waals surface area contributed by atoms with Crippen molar-refractivity contribution >= 4 is 11.8 Å². The number of hydrogen-bond donors (Lipinski definition) is 1. The van der Waals surface area contributed by atoms with Crippen LogP contribution < -0.4 is 0 Å². The molecule has 0 aliphatic heterocycles. The first-order valence-electron chi connectivity index (χ1n) is 8.68. The molecule has 0 aliphatic carbocycles. The first-order chi connectivity index (χ1) is 11.6. The first kappa shape index (κ1) is 19.9. The first-order valence-corrected chi connectivity index (χ1v) is 8.68. The third-order valence-electron chi connectivity index (χ3n) is 3.98. The Morgan fingerprint density at radius 1 is 0.917 bits per heavy atom. The minimum atomic E-state index is -1.19. The van der Waals surface area contributed by atoms with Crippen molar-refractivity contribution in [1.82, 2.24) is 0 Å². The number of rotatable bonds is 13. The van der Waals surface area contributed by atoms with E-state index in [-0.39, 0.29) is 10.6 Å².